The molecular weight excluding hydrogens is 270 g/mol. The summed E-state index contributed by atoms with van der Waals surface area (Å²) in [6.45, 7) is 1.71. The van der Waals surface area contributed by atoms with Gasteiger partial charge in [-0.2, -0.15) is 10.4 Å². The molecule has 1 amide bonds. The molecule has 1 aromatic carbocycles. The molecule has 21 heavy (non-hydrogen) atoms. The number of carbonyl (C=O) groups excluding carboxylic acids is 1. The number of amides is 1. The molecule has 0 atom stereocenters. The van der Waals surface area contributed by atoms with E-state index in [1.54, 1.807) is 37.3 Å². The second kappa shape index (κ2) is 6.91. The molecule has 6 heteroatoms. The first-order valence-corrected chi connectivity index (χ1v) is 6.18. The van der Waals surface area contributed by atoms with Gasteiger partial charge in [0.1, 0.15) is 17.6 Å². The summed E-state index contributed by atoms with van der Waals surface area (Å²) in [5.41, 5.74) is 3.67. The van der Waals surface area contributed by atoms with Crippen LogP contribution in [0, 0.1) is 18.3 Å². The van der Waals surface area contributed by atoms with E-state index >= 15 is 0 Å². The number of aryl methyl sites for hydroxylation is 1. The van der Waals surface area contributed by atoms with Crippen LogP contribution in [0.3, 0.4) is 0 Å². The first kappa shape index (κ1) is 14.3. The maximum absolute atomic E-state index is 11.8. The molecule has 1 heterocycles. The van der Waals surface area contributed by atoms with Crippen LogP contribution >= 0.6 is 0 Å². The van der Waals surface area contributed by atoms with Crippen LogP contribution in [0.2, 0.25) is 0 Å². The van der Waals surface area contributed by atoms with Crippen LogP contribution in [0.5, 0.6) is 5.75 Å². The molecule has 0 fully saturated rings. The highest BCUT2D eigenvalue weighted by atomic mass is 16.5. The average molecular weight is 283 g/mol. The third-order valence-corrected chi connectivity index (χ3v) is 2.67. The van der Waals surface area contributed by atoms with E-state index in [1.807, 2.05) is 6.07 Å². The van der Waals surface area contributed by atoms with Gasteiger partial charge in [-0.15, -0.1) is 0 Å². The van der Waals surface area contributed by atoms with E-state index in [0.717, 1.165) is 5.56 Å². The fourth-order valence-electron chi connectivity index (χ4n) is 1.61. The molecule has 1 N–H and O–H groups in total. The van der Waals surface area contributed by atoms with Crippen molar-refractivity contribution >= 4 is 12.1 Å². The summed E-state index contributed by atoms with van der Waals surface area (Å²) in [6, 6.07) is 10.5. The summed E-state index contributed by atoms with van der Waals surface area (Å²) in [6.07, 6.45) is 2.97. The monoisotopic (exact) mass is 283 g/mol. The van der Waals surface area contributed by atoms with Crippen LogP contribution in [0.25, 0.3) is 0 Å². The minimum absolute atomic E-state index is 0.00748. The lowest BCUT2D eigenvalue weighted by Crippen LogP contribution is -2.17. The highest BCUT2D eigenvalue weighted by Gasteiger charge is 2.09. The normalized spacial score (nSPS) is 10.3. The van der Waals surface area contributed by atoms with E-state index < -0.39 is 0 Å². The van der Waals surface area contributed by atoms with E-state index in [-0.39, 0.29) is 12.5 Å². The van der Waals surface area contributed by atoms with Crippen LogP contribution in [0.15, 0.2) is 46.1 Å². The smallest absolute Gasteiger partial charge is 0.274 e. The molecule has 2 aromatic rings. The molecule has 0 aliphatic rings. The summed E-state index contributed by atoms with van der Waals surface area (Å²) in [7, 11) is 0. The number of ether oxygens (including phenoxy) is 1. The van der Waals surface area contributed by atoms with Crippen molar-refractivity contribution in [2.75, 3.05) is 6.61 Å². The Kier molecular flexibility index (Phi) is 4.72. The predicted molar refractivity (Wildman–Crippen MR) is 76.1 cm³/mol. The van der Waals surface area contributed by atoms with Crippen molar-refractivity contribution in [3.63, 3.8) is 0 Å². The number of nitrogens with zero attached hydrogens (tertiary/aromatic N) is 2. The summed E-state index contributed by atoms with van der Waals surface area (Å²) < 4.78 is 10.2. The zero-order valence-corrected chi connectivity index (χ0v) is 11.4. The number of benzene rings is 1. The maximum Gasteiger partial charge on any atom is 0.274 e. The van der Waals surface area contributed by atoms with E-state index in [0.29, 0.717) is 17.1 Å². The van der Waals surface area contributed by atoms with E-state index in [4.69, 9.17) is 14.4 Å². The molecule has 0 bridgehead atoms. The van der Waals surface area contributed by atoms with Gasteiger partial charge in [0.15, 0.2) is 6.61 Å². The highest BCUT2D eigenvalue weighted by Crippen LogP contribution is 2.11. The van der Waals surface area contributed by atoms with Crippen LogP contribution in [-0.4, -0.2) is 18.7 Å². The molecule has 1 aromatic heterocycles. The maximum atomic E-state index is 11.8. The van der Waals surface area contributed by atoms with Crippen molar-refractivity contribution in [2.24, 2.45) is 5.10 Å². The highest BCUT2D eigenvalue weighted by molar-refractivity contribution is 5.95. The molecule has 0 unspecified atom stereocenters. The fraction of sp³-hybridized carbons (Fsp3) is 0.133. The number of hydrazone groups is 1. The lowest BCUT2D eigenvalue weighted by Gasteiger charge is -2.01. The molecule has 0 saturated heterocycles. The zero-order chi connectivity index (χ0) is 15.1. The predicted octanol–water partition coefficient (Wildman–Crippen LogP) is 2.25. The van der Waals surface area contributed by atoms with Crippen molar-refractivity contribution in [3.05, 3.63) is 53.5 Å². The second-order valence-electron chi connectivity index (χ2n) is 4.11. The number of rotatable bonds is 5. The molecule has 106 valence electrons. The summed E-state index contributed by atoms with van der Waals surface area (Å²) in [5.74, 6) is 0.819. The summed E-state index contributed by atoms with van der Waals surface area (Å²) in [5, 5.41) is 12.3. The Morgan fingerprint density at radius 1 is 1.43 bits per heavy atom. The second-order valence-corrected chi connectivity index (χ2v) is 4.11. The summed E-state index contributed by atoms with van der Waals surface area (Å²) in [4.78, 5) is 11.8. The Bertz CT molecular complexity index is 681. The Labute approximate surface area is 121 Å². The van der Waals surface area contributed by atoms with Gasteiger partial charge in [0.2, 0.25) is 0 Å². The molecule has 0 radical (unpaired) electrons. The van der Waals surface area contributed by atoms with Crippen LogP contribution in [-0.2, 0) is 0 Å². The van der Waals surface area contributed by atoms with Crippen molar-refractivity contribution in [3.8, 4) is 11.8 Å². The first-order valence-electron chi connectivity index (χ1n) is 6.18. The molecule has 0 aliphatic heterocycles. The van der Waals surface area contributed by atoms with Crippen LogP contribution in [0.4, 0.5) is 0 Å². The third-order valence-electron chi connectivity index (χ3n) is 2.67. The van der Waals surface area contributed by atoms with Crippen LogP contribution < -0.4 is 10.2 Å². The van der Waals surface area contributed by atoms with Gasteiger partial charge in [0.25, 0.3) is 5.91 Å². The lowest BCUT2D eigenvalue weighted by atomic mass is 10.2. The number of hydrogen-bond donors (Lipinski definition) is 1. The Morgan fingerprint density at radius 2 is 2.19 bits per heavy atom. The van der Waals surface area contributed by atoms with Gasteiger partial charge >= 0.3 is 0 Å². The van der Waals surface area contributed by atoms with Crippen molar-refractivity contribution in [1.82, 2.24) is 5.43 Å². The number of hydrogen-bond acceptors (Lipinski definition) is 5. The summed E-state index contributed by atoms with van der Waals surface area (Å²) >= 11 is 0. The van der Waals surface area contributed by atoms with Crippen molar-refractivity contribution in [1.29, 1.82) is 5.26 Å². The van der Waals surface area contributed by atoms with Gasteiger partial charge < -0.3 is 9.15 Å². The number of nitriles is 1. The minimum Gasteiger partial charge on any atom is -0.479 e. The van der Waals surface area contributed by atoms with Crippen LogP contribution in [0.1, 0.15) is 21.7 Å². The zero-order valence-electron chi connectivity index (χ0n) is 11.4. The van der Waals surface area contributed by atoms with Crippen molar-refractivity contribution in [2.45, 2.75) is 6.92 Å². The largest absolute Gasteiger partial charge is 0.479 e. The molecule has 0 aliphatic carbocycles. The van der Waals surface area contributed by atoms with Gasteiger partial charge in [-0.25, -0.2) is 5.43 Å². The molecule has 0 saturated carbocycles. The van der Waals surface area contributed by atoms with Gasteiger partial charge in [-0.3, -0.25) is 4.79 Å². The van der Waals surface area contributed by atoms with E-state index in [9.17, 15) is 4.79 Å². The van der Waals surface area contributed by atoms with E-state index in [1.165, 1.54) is 12.5 Å². The molecule has 0 spiro atoms. The molecule has 6 nitrogen and oxygen atoms in total. The van der Waals surface area contributed by atoms with Gasteiger partial charge in [-0.1, -0.05) is 0 Å². The molecule has 2 rings (SSSR count). The van der Waals surface area contributed by atoms with Crippen molar-refractivity contribution < 1.29 is 13.9 Å². The molecular formula is C15H13N3O3. The van der Waals surface area contributed by atoms with Gasteiger partial charge in [0, 0.05) is 0 Å². The average Bonchev–Trinajstić information content (AvgIpc) is 2.92. The third kappa shape index (κ3) is 3.94. The minimum atomic E-state index is -0.327. The topological polar surface area (TPSA) is 87.6 Å². The number of nitrogens with one attached hydrogen (secondary N) is 1. The fourth-order valence-corrected chi connectivity index (χ4v) is 1.61. The number of furan rings is 1. The van der Waals surface area contributed by atoms with E-state index in [2.05, 4.69) is 10.5 Å². The number of carbonyl (C=O) groups is 1. The first-order chi connectivity index (χ1) is 10.2. The SMILES string of the molecule is Cc1occc1C(=O)N/N=C\c1ccc(OCC#N)cc1. The lowest BCUT2D eigenvalue weighted by molar-refractivity contribution is 0.0953. The van der Waals surface area contributed by atoms with Gasteiger partial charge in [-0.05, 0) is 42.8 Å². The van der Waals surface area contributed by atoms with Gasteiger partial charge in [0.05, 0.1) is 18.0 Å². The Hall–Kier alpha value is -3.07. The Morgan fingerprint density at radius 3 is 2.81 bits per heavy atom. The Balaban J connectivity index is 1.91. The quantitative estimate of drug-likeness (QED) is 0.673. The standard InChI is InChI=1S/C15H13N3O3/c1-11-14(6-8-20-11)15(19)18-17-10-12-2-4-13(5-3-12)21-9-7-16/h2-6,8,10H,9H2,1H3,(H,18,19)/b17-10-.